The van der Waals surface area contributed by atoms with Crippen LogP contribution in [0, 0.1) is 5.41 Å². The number of para-hydroxylation sites is 1. The fourth-order valence-corrected chi connectivity index (χ4v) is 4.42. The second kappa shape index (κ2) is 7.66. The van der Waals surface area contributed by atoms with Crippen LogP contribution in [0.15, 0.2) is 54.7 Å². The first-order valence-electron chi connectivity index (χ1n) is 9.85. The summed E-state index contributed by atoms with van der Waals surface area (Å²) >= 11 is 0. The summed E-state index contributed by atoms with van der Waals surface area (Å²) in [6.07, 6.45) is 2.92. The summed E-state index contributed by atoms with van der Waals surface area (Å²) in [5.41, 5.74) is 1.19. The highest BCUT2D eigenvalue weighted by atomic mass is 16.2. The summed E-state index contributed by atoms with van der Waals surface area (Å²) in [7, 11) is 0. The lowest BCUT2D eigenvalue weighted by atomic mass is 9.63. The molecule has 0 radical (unpaired) electrons. The second-order valence-electron chi connectivity index (χ2n) is 7.61. The quantitative estimate of drug-likeness (QED) is 0.806. The number of nitrogens with zero attached hydrogens (tertiary/aromatic N) is 3. The van der Waals surface area contributed by atoms with Gasteiger partial charge in [-0.3, -0.25) is 19.4 Å². The summed E-state index contributed by atoms with van der Waals surface area (Å²) in [5, 5.41) is 2.55. The van der Waals surface area contributed by atoms with Crippen LogP contribution < -0.4 is 10.2 Å². The van der Waals surface area contributed by atoms with Gasteiger partial charge >= 0.3 is 0 Å². The van der Waals surface area contributed by atoms with Crippen molar-refractivity contribution in [1.82, 2.24) is 15.2 Å². The number of hydrogen-bond acceptors (Lipinski definition) is 4. The van der Waals surface area contributed by atoms with Crippen LogP contribution in [0.4, 0.5) is 5.69 Å². The normalized spacial score (nSPS) is 20.3. The minimum absolute atomic E-state index is 0.00388. The van der Waals surface area contributed by atoms with Gasteiger partial charge in [0, 0.05) is 31.9 Å². The summed E-state index contributed by atoms with van der Waals surface area (Å²) in [6.45, 7) is 2.38. The number of rotatable bonds is 4. The molecule has 29 heavy (non-hydrogen) atoms. The number of nitrogens with one attached hydrogen (secondary N) is 1. The van der Waals surface area contributed by atoms with E-state index in [0.29, 0.717) is 25.9 Å². The Morgan fingerprint density at radius 3 is 2.41 bits per heavy atom. The molecule has 2 aliphatic heterocycles. The van der Waals surface area contributed by atoms with E-state index >= 15 is 0 Å². The minimum atomic E-state index is -0.547. The molecule has 1 aromatic carbocycles. The van der Waals surface area contributed by atoms with Crippen molar-refractivity contribution in [2.45, 2.75) is 25.8 Å². The average Bonchev–Trinajstić information content (AvgIpc) is 2.76. The molecule has 1 N–H and O–H groups in total. The Labute approximate surface area is 169 Å². The lowest BCUT2D eigenvalue weighted by Gasteiger charge is -2.58. The molecular weight excluding hydrogens is 368 g/mol. The number of pyridine rings is 1. The van der Waals surface area contributed by atoms with Crippen molar-refractivity contribution in [3.8, 4) is 0 Å². The van der Waals surface area contributed by atoms with E-state index in [2.05, 4.69) is 10.3 Å². The Morgan fingerprint density at radius 1 is 1.10 bits per heavy atom. The van der Waals surface area contributed by atoms with E-state index in [-0.39, 0.29) is 30.3 Å². The van der Waals surface area contributed by atoms with Crippen LogP contribution in [-0.2, 0) is 14.4 Å². The number of carbonyl (C=O) groups is 3. The molecule has 7 nitrogen and oxygen atoms in total. The monoisotopic (exact) mass is 392 g/mol. The van der Waals surface area contributed by atoms with Gasteiger partial charge < -0.3 is 15.1 Å². The molecule has 1 unspecified atom stereocenters. The van der Waals surface area contributed by atoms with Gasteiger partial charge in [-0.25, -0.2) is 0 Å². The molecule has 150 valence electrons. The summed E-state index contributed by atoms with van der Waals surface area (Å²) in [6, 6.07) is 15.3. The van der Waals surface area contributed by atoms with Crippen LogP contribution in [0.1, 0.15) is 31.5 Å². The Morgan fingerprint density at radius 2 is 1.79 bits per heavy atom. The molecule has 0 saturated carbocycles. The molecule has 1 aromatic heterocycles. The minimum Gasteiger partial charge on any atom is -0.347 e. The lowest BCUT2D eigenvalue weighted by molar-refractivity contribution is -0.149. The van der Waals surface area contributed by atoms with Crippen molar-refractivity contribution < 1.29 is 14.4 Å². The van der Waals surface area contributed by atoms with Crippen molar-refractivity contribution in [1.29, 1.82) is 0 Å². The van der Waals surface area contributed by atoms with Gasteiger partial charge in [-0.05, 0) is 37.1 Å². The summed E-state index contributed by atoms with van der Waals surface area (Å²) in [5.74, 6) is -0.251. The molecule has 2 aliphatic rings. The Balaban J connectivity index is 1.56. The van der Waals surface area contributed by atoms with Gasteiger partial charge in [0.25, 0.3) is 0 Å². The van der Waals surface area contributed by atoms with Gasteiger partial charge in [0.1, 0.15) is 0 Å². The number of amides is 3. The first kappa shape index (κ1) is 19.1. The van der Waals surface area contributed by atoms with Gasteiger partial charge in [0.15, 0.2) is 0 Å². The highest BCUT2D eigenvalue weighted by molar-refractivity contribution is 6.06. The maximum Gasteiger partial charge on any atom is 0.241 e. The number of piperidine rings is 1. The molecule has 3 amide bonds. The Bertz CT molecular complexity index is 908. The molecule has 0 bridgehead atoms. The van der Waals surface area contributed by atoms with E-state index in [1.165, 1.54) is 6.92 Å². The van der Waals surface area contributed by atoms with Gasteiger partial charge in [-0.15, -0.1) is 0 Å². The molecule has 2 fully saturated rings. The Kier molecular flexibility index (Phi) is 5.05. The Hall–Kier alpha value is -3.22. The maximum atomic E-state index is 13.4. The molecule has 0 aliphatic carbocycles. The first-order chi connectivity index (χ1) is 14.0. The van der Waals surface area contributed by atoms with Crippen molar-refractivity contribution >= 4 is 23.4 Å². The zero-order valence-electron chi connectivity index (χ0n) is 16.4. The van der Waals surface area contributed by atoms with E-state index in [9.17, 15) is 14.4 Å². The van der Waals surface area contributed by atoms with Crippen molar-refractivity contribution in [3.05, 3.63) is 60.4 Å². The standard InChI is InChI=1S/C22H24N4O3/c1-16(27)24-15-19(28)25-13-10-22(11-14-25)20(18-9-5-6-12-23-18)26(21(22)29)17-7-3-2-4-8-17/h2-9,12,20H,10-11,13-15H2,1H3,(H,24,27). The molecule has 1 atom stereocenters. The van der Waals surface area contributed by atoms with Crippen LogP contribution in [0.3, 0.4) is 0 Å². The fraction of sp³-hybridized carbons (Fsp3) is 0.364. The number of aromatic nitrogens is 1. The van der Waals surface area contributed by atoms with Crippen LogP contribution in [0.2, 0.25) is 0 Å². The van der Waals surface area contributed by atoms with E-state index in [1.54, 1.807) is 11.1 Å². The van der Waals surface area contributed by atoms with Gasteiger partial charge in [-0.2, -0.15) is 0 Å². The van der Waals surface area contributed by atoms with E-state index < -0.39 is 5.41 Å². The largest absolute Gasteiger partial charge is 0.347 e. The van der Waals surface area contributed by atoms with Crippen LogP contribution in [0.25, 0.3) is 0 Å². The molecule has 2 aromatic rings. The molecule has 7 heteroatoms. The zero-order valence-corrected chi connectivity index (χ0v) is 16.4. The van der Waals surface area contributed by atoms with Crippen LogP contribution in [0.5, 0.6) is 0 Å². The third kappa shape index (κ3) is 3.37. The van der Waals surface area contributed by atoms with Crippen LogP contribution in [-0.4, -0.2) is 47.2 Å². The van der Waals surface area contributed by atoms with Gasteiger partial charge in [-0.1, -0.05) is 24.3 Å². The second-order valence-corrected chi connectivity index (χ2v) is 7.61. The van der Waals surface area contributed by atoms with Gasteiger partial charge in [0.2, 0.25) is 17.7 Å². The zero-order chi connectivity index (χ0) is 20.4. The topological polar surface area (TPSA) is 82.6 Å². The molecule has 3 heterocycles. The number of benzene rings is 1. The lowest BCUT2D eigenvalue weighted by Crippen LogP contribution is -2.67. The smallest absolute Gasteiger partial charge is 0.241 e. The summed E-state index contributed by atoms with van der Waals surface area (Å²) < 4.78 is 0. The number of likely N-dealkylation sites (tertiary alicyclic amines) is 1. The molecule has 1 spiro atoms. The highest BCUT2D eigenvalue weighted by Gasteiger charge is 2.62. The maximum absolute atomic E-state index is 13.4. The van der Waals surface area contributed by atoms with Crippen LogP contribution >= 0.6 is 0 Å². The van der Waals surface area contributed by atoms with E-state index in [1.807, 2.05) is 53.4 Å². The third-order valence-electron chi connectivity index (χ3n) is 5.93. The van der Waals surface area contributed by atoms with E-state index in [4.69, 9.17) is 0 Å². The first-order valence-corrected chi connectivity index (χ1v) is 9.85. The average molecular weight is 392 g/mol. The molecular formula is C22H24N4O3. The van der Waals surface area contributed by atoms with Gasteiger partial charge in [0.05, 0.1) is 23.7 Å². The fourth-order valence-electron chi connectivity index (χ4n) is 4.42. The molecule has 2 saturated heterocycles. The van der Waals surface area contributed by atoms with E-state index in [0.717, 1.165) is 11.4 Å². The highest BCUT2D eigenvalue weighted by Crippen LogP contribution is 2.56. The summed E-state index contributed by atoms with van der Waals surface area (Å²) in [4.78, 5) is 44.9. The number of carbonyl (C=O) groups excluding carboxylic acids is 3. The number of β-lactam (4-membered cyclic amide) rings is 1. The van der Waals surface area contributed by atoms with Crippen molar-refractivity contribution in [3.63, 3.8) is 0 Å². The molecule has 4 rings (SSSR count). The number of anilines is 1. The third-order valence-corrected chi connectivity index (χ3v) is 5.93. The predicted molar refractivity (Wildman–Crippen MR) is 108 cm³/mol. The van der Waals surface area contributed by atoms with Crippen molar-refractivity contribution in [2.24, 2.45) is 5.41 Å². The predicted octanol–water partition coefficient (Wildman–Crippen LogP) is 1.91. The van der Waals surface area contributed by atoms with Crippen molar-refractivity contribution in [2.75, 3.05) is 24.5 Å². The number of hydrogen-bond donors (Lipinski definition) is 1. The SMILES string of the molecule is CC(=O)NCC(=O)N1CCC2(CC1)C(=O)N(c1ccccc1)C2c1ccccn1.